The maximum absolute atomic E-state index is 13.5. The molecular formula is C23H21F3N2O3. The standard InChI is InChI=1S/C23H21F3N2O3/c24-23(25,26)20-19(17-9-5-2-6-10-17)31-21(27-20)18-11-13-28(14-12-18)22(29)30-15-16-7-3-1-4-8-16/h1-10,18H,11-15H2. The summed E-state index contributed by atoms with van der Waals surface area (Å²) in [4.78, 5) is 17.7. The highest BCUT2D eigenvalue weighted by atomic mass is 19.4. The molecule has 0 bridgehead atoms. The van der Waals surface area contributed by atoms with Gasteiger partial charge < -0.3 is 14.1 Å². The van der Waals surface area contributed by atoms with Crippen molar-refractivity contribution in [2.75, 3.05) is 13.1 Å². The van der Waals surface area contributed by atoms with Crippen molar-refractivity contribution < 1.29 is 27.1 Å². The average molecular weight is 430 g/mol. The Labute approximate surface area is 177 Å². The second kappa shape index (κ2) is 8.83. The zero-order chi connectivity index (χ0) is 21.8. The first-order chi connectivity index (χ1) is 14.9. The second-order valence-corrected chi connectivity index (χ2v) is 7.40. The predicted octanol–water partition coefficient (Wildman–Crippen LogP) is 5.88. The van der Waals surface area contributed by atoms with Crippen molar-refractivity contribution in [2.24, 2.45) is 0 Å². The number of carbonyl (C=O) groups is 1. The van der Waals surface area contributed by atoms with Crippen LogP contribution < -0.4 is 0 Å². The molecule has 3 aromatic rings. The predicted molar refractivity (Wildman–Crippen MR) is 107 cm³/mol. The average Bonchev–Trinajstić information content (AvgIpc) is 3.25. The fourth-order valence-electron chi connectivity index (χ4n) is 3.61. The molecular weight excluding hydrogens is 409 g/mol. The number of piperidine rings is 1. The van der Waals surface area contributed by atoms with E-state index in [0.717, 1.165) is 5.56 Å². The number of ether oxygens (including phenoxy) is 1. The van der Waals surface area contributed by atoms with E-state index in [1.165, 1.54) is 0 Å². The van der Waals surface area contributed by atoms with Gasteiger partial charge in [-0.25, -0.2) is 9.78 Å². The van der Waals surface area contributed by atoms with E-state index < -0.39 is 18.0 Å². The first kappa shape index (κ1) is 21.0. The molecule has 4 rings (SSSR count). The third kappa shape index (κ3) is 4.90. The van der Waals surface area contributed by atoms with Gasteiger partial charge >= 0.3 is 12.3 Å². The number of carbonyl (C=O) groups excluding carboxylic acids is 1. The van der Waals surface area contributed by atoms with E-state index in [9.17, 15) is 18.0 Å². The van der Waals surface area contributed by atoms with Crippen LogP contribution in [-0.4, -0.2) is 29.1 Å². The molecule has 0 N–H and O–H groups in total. The topological polar surface area (TPSA) is 55.6 Å². The number of likely N-dealkylation sites (tertiary alicyclic amines) is 1. The normalized spacial score (nSPS) is 15.1. The Morgan fingerprint density at radius 3 is 2.26 bits per heavy atom. The molecule has 1 fully saturated rings. The van der Waals surface area contributed by atoms with Gasteiger partial charge in [0.25, 0.3) is 0 Å². The molecule has 162 valence electrons. The van der Waals surface area contributed by atoms with Crippen LogP contribution in [0.15, 0.2) is 65.1 Å². The van der Waals surface area contributed by atoms with Gasteiger partial charge in [0.15, 0.2) is 17.3 Å². The molecule has 0 atom stereocenters. The van der Waals surface area contributed by atoms with Crippen molar-refractivity contribution in [1.29, 1.82) is 0 Å². The largest absolute Gasteiger partial charge is 0.445 e. The molecule has 31 heavy (non-hydrogen) atoms. The van der Waals surface area contributed by atoms with Gasteiger partial charge in [-0.15, -0.1) is 0 Å². The van der Waals surface area contributed by atoms with E-state index in [-0.39, 0.29) is 24.2 Å². The van der Waals surface area contributed by atoms with E-state index in [4.69, 9.17) is 9.15 Å². The van der Waals surface area contributed by atoms with Gasteiger partial charge in [-0.2, -0.15) is 13.2 Å². The number of hydrogen-bond donors (Lipinski definition) is 0. The van der Waals surface area contributed by atoms with E-state index in [1.54, 1.807) is 35.2 Å². The van der Waals surface area contributed by atoms with E-state index in [2.05, 4.69) is 4.98 Å². The quantitative estimate of drug-likeness (QED) is 0.519. The van der Waals surface area contributed by atoms with Crippen molar-refractivity contribution in [3.63, 3.8) is 0 Å². The molecule has 5 nitrogen and oxygen atoms in total. The van der Waals surface area contributed by atoms with Crippen LogP contribution in [0.3, 0.4) is 0 Å². The SMILES string of the molecule is O=C(OCc1ccccc1)N1CCC(c2nc(C(F)(F)F)c(-c3ccccc3)o2)CC1. The van der Waals surface area contributed by atoms with Crippen LogP contribution in [0, 0.1) is 0 Å². The fourth-order valence-corrected chi connectivity index (χ4v) is 3.61. The number of amides is 1. The van der Waals surface area contributed by atoms with Gasteiger partial charge in [0, 0.05) is 24.6 Å². The molecule has 0 aliphatic carbocycles. The number of rotatable bonds is 4. The van der Waals surface area contributed by atoms with Crippen LogP contribution in [0.25, 0.3) is 11.3 Å². The summed E-state index contributed by atoms with van der Waals surface area (Å²) in [6.45, 7) is 0.903. The minimum atomic E-state index is -4.62. The molecule has 1 amide bonds. The first-order valence-electron chi connectivity index (χ1n) is 10.0. The number of alkyl halides is 3. The molecule has 0 spiro atoms. The summed E-state index contributed by atoms with van der Waals surface area (Å²) < 4.78 is 51.5. The van der Waals surface area contributed by atoms with Gasteiger partial charge in [0.2, 0.25) is 0 Å². The van der Waals surface area contributed by atoms with Crippen molar-refractivity contribution in [3.8, 4) is 11.3 Å². The minimum Gasteiger partial charge on any atom is -0.445 e. The molecule has 8 heteroatoms. The zero-order valence-corrected chi connectivity index (χ0v) is 16.6. The zero-order valence-electron chi connectivity index (χ0n) is 16.6. The number of benzene rings is 2. The first-order valence-corrected chi connectivity index (χ1v) is 10.0. The van der Waals surface area contributed by atoms with Crippen LogP contribution in [0.4, 0.5) is 18.0 Å². The second-order valence-electron chi connectivity index (χ2n) is 7.40. The molecule has 1 aromatic heterocycles. The molecule has 0 saturated carbocycles. The van der Waals surface area contributed by atoms with Crippen molar-refractivity contribution in [2.45, 2.75) is 31.5 Å². The van der Waals surface area contributed by atoms with Gasteiger partial charge in [-0.1, -0.05) is 60.7 Å². The molecule has 0 unspecified atom stereocenters. The number of aromatic nitrogens is 1. The maximum atomic E-state index is 13.5. The van der Waals surface area contributed by atoms with Crippen LogP contribution in [0.2, 0.25) is 0 Å². The Morgan fingerprint density at radius 1 is 1.03 bits per heavy atom. The third-order valence-corrected chi connectivity index (χ3v) is 5.26. The summed E-state index contributed by atoms with van der Waals surface area (Å²) in [6, 6.07) is 17.5. The summed E-state index contributed by atoms with van der Waals surface area (Å²) in [6.07, 6.45) is -4.15. The van der Waals surface area contributed by atoms with Crippen LogP contribution in [-0.2, 0) is 17.5 Å². The van der Waals surface area contributed by atoms with Crippen molar-refractivity contribution in [1.82, 2.24) is 9.88 Å². The molecule has 2 aromatic carbocycles. The number of halogens is 3. The van der Waals surface area contributed by atoms with Crippen molar-refractivity contribution >= 4 is 6.09 Å². The fraction of sp³-hybridized carbons (Fsp3) is 0.304. The van der Waals surface area contributed by atoms with Crippen LogP contribution >= 0.6 is 0 Å². The van der Waals surface area contributed by atoms with Gasteiger partial charge in [-0.3, -0.25) is 0 Å². The summed E-state index contributed by atoms with van der Waals surface area (Å²) in [5, 5.41) is 0. The molecule has 0 radical (unpaired) electrons. The smallest absolute Gasteiger partial charge is 0.437 e. The Balaban J connectivity index is 1.42. The highest BCUT2D eigenvalue weighted by Gasteiger charge is 2.40. The minimum absolute atomic E-state index is 0.0588. The number of nitrogens with zero attached hydrogens (tertiary/aromatic N) is 2. The summed E-state index contributed by atoms with van der Waals surface area (Å²) in [5.74, 6) is -0.506. The lowest BCUT2D eigenvalue weighted by atomic mass is 9.97. The summed E-state index contributed by atoms with van der Waals surface area (Å²) in [5.41, 5.74) is 0.201. The molecule has 1 saturated heterocycles. The Hall–Kier alpha value is -3.29. The van der Waals surface area contributed by atoms with E-state index in [1.807, 2.05) is 30.3 Å². The summed E-state index contributed by atoms with van der Waals surface area (Å²) in [7, 11) is 0. The monoisotopic (exact) mass is 430 g/mol. The lowest BCUT2D eigenvalue weighted by molar-refractivity contribution is -0.140. The van der Waals surface area contributed by atoms with Crippen molar-refractivity contribution in [3.05, 3.63) is 77.8 Å². The van der Waals surface area contributed by atoms with Gasteiger partial charge in [0.05, 0.1) is 0 Å². The summed E-state index contributed by atoms with van der Waals surface area (Å²) >= 11 is 0. The molecule has 2 heterocycles. The van der Waals surface area contributed by atoms with E-state index in [0.29, 0.717) is 31.5 Å². The Kier molecular flexibility index (Phi) is 5.97. The highest BCUT2D eigenvalue weighted by Crippen LogP contribution is 2.40. The van der Waals surface area contributed by atoms with Crippen LogP contribution in [0.5, 0.6) is 0 Å². The van der Waals surface area contributed by atoms with Gasteiger partial charge in [-0.05, 0) is 18.4 Å². The lowest BCUT2D eigenvalue weighted by Crippen LogP contribution is -2.38. The number of oxazole rings is 1. The Bertz CT molecular complexity index is 1010. The number of hydrogen-bond acceptors (Lipinski definition) is 4. The van der Waals surface area contributed by atoms with Crippen LogP contribution in [0.1, 0.15) is 35.9 Å². The molecule has 1 aliphatic rings. The maximum Gasteiger partial charge on any atom is 0.437 e. The molecule has 1 aliphatic heterocycles. The highest BCUT2D eigenvalue weighted by molar-refractivity contribution is 5.67. The Morgan fingerprint density at radius 2 is 1.65 bits per heavy atom. The third-order valence-electron chi connectivity index (χ3n) is 5.26. The lowest BCUT2D eigenvalue weighted by Gasteiger charge is -2.29. The van der Waals surface area contributed by atoms with Gasteiger partial charge in [0.1, 0.15) is 6.61 Å². The van der Waals surface area contributed by atoms with E-state index >= 15 is 0 Å².